The van der Waals surface area contributed by atoms with Gasteiger partial charge in [0.2, 0.25) is 0 Å². The van der Waals surface area contributed by atoms with Crippen LogP contribution < -0.4 is 0 Å². The number of esters is 2. The van der Waals surface area contributed by atoms with Crippen molar-refractivity contribution < 1.29 is 34.4 Å². The summed E-state index contributed by atoms with van der Waals surface area (Å²) in [6.45, 7) is 3.56. The number of hydrogen-bond acceptors (Lipinski definition) is 7. The fraction of sp³-hybridized carbons (Fsp3) is 0.161. The number of aliphatic hydroxyl groups is 1. The highest BCUT2D eigenvalue weighted by Gasteiger charge is 2.16. The van der Waals surface area contributed by atoms with Crippen molar-refractivity contribution in [1.82, 2.24) is 0 Å². The third kappa shape index (κ3) is 9.44. The summed E-state index contributed by atoms with van der Waals surface area (Å²) < 4.78 is 9.72. The lowest BCUT2D eigenvalue weighted by molar-refractivity contribution is 0.0334. The van der Waals surface area contributed by atoms with E-state index in [1.54, 1.807) is 38.1 Å². The van der Waals surface area contributed by atoms with Gasteiger partial charge >= 0.3 is 11.9 Å². The molecule has 198 valence electrons. The number of aromatic hydroxyl groups is 2. The van der Waals surface area contributed by atoms with Gasteiger partial charge in [0.1, 0.15) is 28.7 Å². The lowest BCUT2D eigenvalue weighted by Crippen LogP contribution is -2.09. The zero-order valence-corrected chi connectivity index (χ0v) is 21.5. The van der Waals surface area contributed by atoms with Crippen LogP contribution in [0.2, 0.25) is 0 Å². The fourth-order valence-corrected chi connectivity index (χ4v) is 3.15. The molecule has 38 heavy (non-hydrogen) atoms. The molecule has 3 N–H and O–H groups in total. The molecule has 2 atom stereocenters. The molecule has 0 aliphatic heterocycles. The quantitative estimate of drug-likeness (QED) is 0.270. The summed E-state index contributed by atoms with van der Waals surface area (Å²) in [7, 11) is 1.27. The number of benzene rings is 4. The van der Waals surface area contributed by atoms with E-state index in [0.717, 1.165) is 11.1 Å². The second kappa shape index (κ2) is 15.5. The monoisotopic (exact) mass is 516 g/mol. The minimum Gasteiger partial charge on any atom is -0.507 e. The first-order valence-electron chi connectivity index (χ1n) is 11.9. The van der Waals surface area contributed by atoms with Crippen LogP contribution >= 0.6 is 0 Å². The van der Waals surface area contributed by atoms with E-state index < -0.39 is 11.9 Å². The van der Waals surface area contributed by atoms with E-state index in [1.165, 1.54) is 31.4 Å². The van der Waals surface area contributed by atoms with Crippen LogP contribution in [-0.4, -0.2) is 34.4 Å². The predicted octanol–water partition coefficient (Wildman–Crippen LogP) is 6.23. The van der Waals surface area contributed by atoms with Crippen molar-refractivity contribution in [3.63, 3.8) is 0 Å². The zero-order chi connectivity index (χ0) is 27.9. The van der Waals surface area contributed by atoms with Crippen molar-refractivity contribution in [1.29, 1.82) is 0 Å². The standard InChI is InChI=1S/C15H14O3.C8H8O3.C8H10O/c1-11(12-7-3-2-4-8-12)18-15(17)13-9-5-6-10-14(13)16;1-11-8(10)6-4-2-3-5-7(6)9;1-7(9)8-5-3-2-4-6-8/h2-11,16H,1H3;2-5,9H,1H3;2-7,9H,1H3. The van der Waals surface area contributed by atoms with Crippen molar-refractivity contribution in [3.05, 3.63) is 131 Å². The second-order valence-electron chi connectivity index (χ2n) is 8.07. The van der Waals surface area contributed by atoms with Gasteiger partial charge in [0, 0.05) is 0 Å². The Morgan fingerprint density at radius 2 is 1.00 bits per heavy atom. The van der Waals surface area contributed by atoms with Gasteiger partial charge in [0.25, 0.3) is 0 Å². The highest BCUT2D eigenvalue weighted by Crippen LogP contribution is 2.22. The number of carbonyl (C=O) groups is 2. The Hall–Kier alpha value is -4.62. The number of phenols is 2. The topological polar surface area (TPSA) is 113 Å². The van der Waals surface area contributed by atoms with Crippen LogP contribution in [0.5, 0.6) is 11.5 Å². The summed E-state index contributed by atoms with van der Waals surface area (Å²) in [5.74, 6) is -1.17. The number of ether oxygens (including phenoxy) is 2. The van der Waals surface area contributed by atoms with Gasteiger partial charge in [-0.2, -0.15) is 0 Å². The molecule has 0 heterocycles. The summed E-state index contributed by atoms with van der Waals surface area (Å²) in [5, 5.41) is 27.7. The molecule has 7 nitrogen and oxygen atoms in total. The van der Waals surface area contributed by atoms with E-state index in [2.05, 4.69) is 4.74 Å². The molecule has 0 aliphatic carbocycles. The van der Waals surface area contributed by atoms with Crippen LogP contribution in [-0.2, 0) is 9.47 Å². The second-order valence-corrected chi connectivity index (χ2v) is 8.07. The molecular weight excluding hydrogens is 484 g/mol. The van der Waals surface area contributed by atoms with Gasteiger partial charge in [0.15, 0.2) is 0 Å². The maximum atomic E-state index is 11.9. The number of hydrogen-bond donors (Lipinski definition) is 3. The molecule has 0 bridgehead atoms. The van der Waals surface area contributed by atoms with Crippen LogP contribution in [0, 0.1) is 0 Å². The fourth-order valence-electron chi connectivity index (χ4n) is 3.15. The minimum absolute atomic E-state index is 0.0562. The molecule has 0 aliphatic rings. The first-order chi connectivity index (χ1) is 18.2. The summed E-state index contributed by atoms with van der Waals surface area (Å²) in [6, 6.07) is 31.6. The van der Waals surface area contributed by atoms with E-state index in [4.69, 9.17) is 14.9 Å². The number of carbonyl (C=O) groups excluding carboxylic acids is 2. The Labute approximate surface area is 222 Å². The summed E-state index contributed by atoms with van der Waals surface area (Å²) >= 11 is 0. The van der Waals surface area contributed by atoms with E-state index >= 15 is 0 Å². The number of aliphatic hydroxyl groups excluding tert-OH is 1. The van der Waals surface area contributed by atoms with Crippen molar-refractivity contribution in [2.45, 2.75) is 26.1 Å². The first-order valence-corrected chi connectivity index (χ1v) is 11.9. The minimum atomic E-state index is -0.525. The average Bonchev–Trinajstić information content (AvgIpc) is 2.94. The van der Waals surface area contributed by atoms with E-state index in [1.807, 2.05) is 60.7 Å². The van der Waals surface area contributed by atoms with Crippen LogP contribution in [0.3, 0.4) is 0 Å². The SMILES string of the molecule is CC(O)c1ccccc1.CC(OC(=O)c1ccccc1O)c1ccccc1.COC(=O)c1ccccc1O. The Kier molecular flexibility index (Phi) is 12.1. The van der Waals surface area contributed by atoms with Crippen LogP contribution in [0.4, 0.5) is 0 Å². The number of phenolic OH excluding ortho intramolecular Hbond substituents is 2. The van der Waals surface area contributed by atoms with Crippen LogP contribution in [0.15, 0.2) is 109 Å². The Morgan fingerprint density at radius 3 is 1.39 bits per heavy atom. The molecule has 2 unspecified atom stereocenters. The van der Waals surface area contributed by atoms with Gasteiger partial charge < -0.3 is 24.8 Å². The van der Waals surface area contributed by atoms with Crippen molar-refractivity contribution >= 4 is 11.9 Å². The molecule has 0 saturated heterocycles. The van der Waals surface area contributed by atoms with Gasteiger partial charge in [-0.1, -0.05) is 84.9 Å². The molecule has 0 spiro atoms. The third-order valence-electron chi connectivity index (χ3n) is 5.27. The Morgan fingerprint density at radius 1 is 0.605 bits per heavy atom. The van der Waals surface area contributed by atoms with Crippen molar-refractivity contribution in [2.24, 2.45) is 0 Å². The number of methoxy groups -OCH3 is 1. The summed E-state index contributed by atoms with van der Waals surface area (Å²) in [5.41, 5.74) is 2.26. The predicted molar refractivity (Wildman–Crippen MR) is 145 cm³/mol. The molecule has 0 aromatic heterocycles. The number of para-hydroxylation sites is 2. The molecule has 0 radical (unpaired) electrons. The van der Waals surface area contributed by atoms with E-state index in [0.29, 0.717) is 0 Å². The molecule has 4 rings (SSSR count). The largest absolute Gasteiger partial charge is 0.507 e. The smallest absolute Gasteiger partial charge is 0.342 e. The lowest BCUT2D eigenvalue weighted by atomic mass is 10.1. The van der Waals surface area contributed by atoms with Gasteiger partial charge in [-0.05, 0) is 49.2 Å². The maximum Gasteiger partial charge on any atom is 0.342 e. The first kappa shape index (κ1) is 29.6. The molecule has 4 aromatic carbocycles. The van der Waals surface area contributed by atoms with Gasteiger partial charge in [0.05, 0.1) is 13.2 Å². The molecule has 7 heteroatoms. The van der Waals surface area contributed by atoms with Gasteiger partial charge in [-0.3, -0.25) is 0 Å². The maximum absolute atomic E-state index is 11.9. The molecule has 4 aromatic rings. The number of rotatable bonds is 5. The third-order valence-corrected chi connectivity index (χ3v) is 5.27. The van der Waals surface area contributed by atoms with Crippen LogP contribution in [0.1, 0.15) is 57.9 Å². The zero-order valence-electron chi connectivity index (χ0n) is 21.5. The van der Waals surface area contributed by atoms with Crippen molar-refractivity contribution in [3.8, 4) is 11.5 Å². The Bertz CT molecular complexity index is 1270. The summed E-state index contributed by atoms with van der Waals surface area (Å²) in [4.78, 5) is 22.7. The highest BCUT2D eigenvalue weighted by atomic mass is 16.5. The van der Waals surface area contributed by atoms with Crippen molar-refractivity contribution in [2.75, 3.05) is 7.11 Å². The van der Waals surface area contributed by atoms with Gasteiger partial charge in [-0.25, -0.2) is 9.59 Å². The van der Waals surface area contributed by atoms with E-state index in [-0.39, 0.29) is 34.8 Å². The Balaban J connectivity index is 0.000000217. The molecule has 0 fully saturated rings. The highest BCUT2D eigenvalue weighted by molar-refractivity contribution is 5.92. The lowest BCUT2D eigenvalue weighted by Gasteiger charge is -2.13. The summed E-state index contributed by atoms with van der Waals surface area (Å²) in [6.07, 6.45) is -0.690. The molecular formula is C31H32O7. The molecule has 0 saturated carbocycles. The van der Waals surface area contributed by atoms with E-state index in [9.17, 15) is 14.7 Å². The van der Waals surface area contributed by atoms with Gasteiger partial charge in [-0.15, -0.1) is 0 Å². The molecule has 0 amide bonds. The van der Waals surface area contributed by atoms with Crippen LogP contribution in [0.25, 0.3) is 0 Å². The normalized spacial score (nSPS) is 11.4. The average molecular weight is 517 g/mol.